The van der Waals surface area contributed by atoms with Crippen LogP contribution in [0.25, 0.3) is 16.6 Å². The lowest BCUT2D eigenvalue weighted by atomic mass is 9.97. The predicted molar refractivity (Wildman–Crippen MR) is 88.0 cm³/mol. The summed E-state index contributed by atoms with van der Waals surface area (Å²) in [6.07, 6.45) is 4.50. The number of hydrogen-bond acceptors (Lipinski definition) is 3. The van der Waals surface area contributed by atoms with E-state index in [-0.39, 0.29) is 5.91 Å². The largest absolute Gasteiger partial charge is 0.346 e. The summed E-state index contributed by atoms with van der Waals surface area (Å²) in [5, 5.41) is 3.55. The fraction of sp³-hybridized carbons (Fsp3) is 0.353. The van der Waals surface area contributed by atoms with Gasteiger partial charge in [-0.3, -0.25) is 9.59 Å². The number of amides is 2. The summed E-state index contributed by atoms with van der Waals surface area (Å²) < 4.78 is 13.1. The Labute approximate surface area is 137 Å². The molecule has 1 aliphatic carbocycles. The zero-order valence-corrected chi connectivity index (χ0v) is 13.0. The molecule has 1 saturated carbocycles. The Morgan fingerprint density at radius 3 is 3.00 bits per heavy atom. The second-order valence-electron chi connectivity index (χ2n) is 6.18. The lowest BCUT2D eigenvalue weighted by Crippen LogP contribution is -2.36. The maximum absolute atomic E-state index is 13.1. The van der Waals surface area contributed by atoms with Crippen LogP contribution in [0.2, 0.25) is 0 Å². The molecular weight excluding hydrogens is 311 g/mol. The van der Waals surface area contributed by atoms with E-state index in [9.17, 15) is 14.0 Å². The molecule has 2 unspecified atom stereocenters. The van der Waals surface area contributed by atoms with E-state index in [1.165, 1.54) is 0 Å². The Morgan fingerprint density at radius 1 is 1.50 bits per heavy atom. The summed E-state index contributed by atoms with van der Waals surface area (Å²) in [6.45, 7) is 1.07. The Hall–Kier alpha value is -2.70. The second kappa shape index (κ2) is 5.74. The van der Waals surface area contributed by atoms with Crippen molar-refractivity contribution in [3.8, 4) is 0 Å². The number of alkyl halides is 1. The molecule has 124 valence electrons. The first-order chi connectivity index (χ1) is 11.7. The maximum atomic E-state index is 13.1. The molecule has 0 bridgehead atoms. The van der Waals surface area contributed by atoms with Gasteiger partial charge in [-0.2, -0.15) is 0 Å². The minimum absolute atomic E-state index is 0.0809. The van der Waals surface area contributed by atoms with Crippen molar-refractivity contribution in [3.63, 3.8) is 0 Å². The van der Waals surface area contributed by atoms with E-state index >= 15 is 0 Å². The Kier molecular flexibility index (Phi) is 3.55. The highest BCUT2D eigenvalue weighted by Crippen LogP contribution is 2.37. The number of nitrogens with zero attached hydrogens (tertiary/aromatic N) is 2. The minimum atomic E-state index is -0.959. The molecular formula is C17H17FN4O2. The van der Waals surface area contributed by atoms with Crippen LogP contribution in [0.1, 0.15) is 18.4 Å². The topological polar surface area (TPSA) is 78.1 Å². The summed E-state index contributed by atoms with van der Waals surface area (Å²) in [7, 11) is 0. The van der Waals surface area contributed by atoms with Crippen LogP contribution in [0.5, 0.6) is 0 Å². The zero-order chi connectivity index (χ0) is 16.7. The van der Waals surface area contributed by atoms with Gasteiger partial charge in [0.2, 0.25) is 12.3 Å². The van der Waals surface area contributed by atoms with Crippen LogP contribution in [-0.2, 0) is 9.59 Å². The molecule has 6 nitrogen and oxygen atoms in total. The normalized spacial score (nSPS) is 23.0. The SMILES string of the molecule is O=CNc1cc(C2=CCN(C(=O)C3CC3F)CC2)c2cc[nH]c2n1. The van der Waals surface area contributed by atoms with Crippen LogP contribution in [-0.4, -0.2) is 46.4 Å². The van der Waals surface area contributed by atoms with Crippen LogP contribution >= 0.6 is 0 Å². The highest BCUT2D eigenvalue weighted by atomic mass is 19.1. The van der Waals surface area contributed by atoms with E-state index in [4.69, 9.17) is 0 Å². The molecule has 1 aliphatic heterocycles. The average molecular weight is 328 g/mol. The number of aromatic amines is 1. The summed E-state index contributed by atoms with van der Waals surface area (Å²) in [4.78, 5) is 31.9. The quantitative estimate of drug-likeness (QED) is 0.844. The number of pyridine rings is 1. The van der Waals surface area contributed by atoms with E-state index in [1.807, 2.05) is 18.2 Å². The Bertz CT molecular complexity index is 844. The lowest BCUT2D eigenvalue weighted by Gasteiger charge is -2.27. The standard InChI is InChI=1S/C17H17FN4O2/c18-14-7-13(14)17(24)22-5-2-10(3-6-22)12-8-15(20-9-23)21-16-11(12)1-4-19-16/h1-2,4,8-9,13-14H,3,5-7H2,(H2,19,20,21,23). The number of rotatable bonds is 4. The molecule has 24 heavy (non-hydrogen) atoms. The van der Waals surface area contributed by atoms with E-state index < -0.39 is 12.1 Å². The molecule has 4 rings (SSSR count). The number of halogens is 1. The first-order valence-corrected chi connectivity index (χ1v) is 7.98. The highest BCUT2D eigenvalue weighted by Gasteiger charge is 2.45. The van der Waals surface area contributed by atoms with E-state index in [1.54, 1.807) is 11.1 Å². The van der Waals surface area contributed by atoms with Crippen molar-refractivity contribution in [2.24, 2.45) is 5.92 Å². The molecule has 2 aliphatic rings. The number of fused-ring (bicyclic) bond motifs is 1. The first-order valence-electron chi connectivity index (χ1n) is 7.98. The van der Waals surface area contributed by atoms with Gasteiger partial charge in [-0.05, 0) is 36.1 Å². The van der Waals surface area contributed by atoms with Gasteiger partial charge < -0.3 is 15.2 Å². The van der Waals surface area contributed by atoms with Gasteiger partial charge in [0.25, 0.3) is 0 Å². The molecule has 2 aromatic heterocycles. The summed E-state index contributed by atoms with van der Waals surface area (Å²) in [6, 6.07) is 3.78. The fourth-order valence-corrected chi connectivity index (χ4v) is 3.21. The van der Waals surface area contributed by atoms with Gasteiger partial charge >= 0.3 is 0 Å². The summed E-state index contributed by atoms with van der Waals surface area (Å²) in [5.41, 5.74) is 2.80. The van der Waals surface area contributed by atoms with Gasteiger partial charge in [-0.25, -0.2) is 9.37 Å². The molecule has 2 aromatic rings. The zero-order valence-electron chi connectivity index (χ0n) is 13.0. The molecule has 0 aromatic carbocycles. The molecule has 3 heterocycles. The lowest BCUT2D eigenvalue weighted by molar-refractivity contribution is -0.132. The van der Waals surface area contributed by atoms with Crippen LogP contribution in [0.3, 0.4) is 0 Å². The minimum Gasteiger partial charge on any atom is -0.346 e. The van der Waals surface area contributed by atoms with Gasteiger partial charge in [0, 0.05) is 24.7 Å². The van der Waals surface area contributed by atoms with E-state index in [0.717, 1.165) is 16.5 Å². The van der Waals surface area contributed by atoms with Gasteiger partial charge in [-0.15, -0.1) is 0 Å². The average Bonchev–Trinajstić information content (AvgIpc) is 3.14. The molecule has 0 saturated heterocycles. The third kappa shape index (κ3) is 2.55. The van der Waals surface area contributed by atoms with E-state index in [2.05, 4.69) is 15.3 Å². The number of carbonyl (C=O) groups is 2. The number of nitrogens with one attached hydrogen (secondary N) is 2. The number of hydrogen-bond donors (Lipinski definition) is 2. The van der Waals surface area contributed by atoms with E-state index in [0.29, 0.717) is 43.8 Å². The molecule has 0 radical (unpaired) electrons. The summed E-state index contributed by atoms with van der Waals surface area (Å²) in [5.74, 6) is -0.0316. The number of carbonyl (C=O) groups excluding carboxylic acids is 2. The van der Waals surface area contributed by atoms with Crippen molar-refractivity contribution < 1.29 is 14.0 Å². The van der Waals surface area contributed by atoms with Gasteiger partial charge in [0.1, 0.15) is 17.6 Å². The molecule has 2 atom stereocenters. The summed E-state index contributed by atoms with van der Waals surface area (Å²) >= 11 is 0. The fourth-order valence-electron chi connectivity index (χ4n) is 3.21. The first kappa shape index (κ1) is 14.9. The predicted octanol–water partition coefficient (Wildman–Crippen LogP) is 2.10. The Balaban J connectivity index is 1.61. The second-order valence-corrected chi connectivity index (χ2v) is 6.18. The van der Waals surface area contributed by atoms with Crippen molar-refractivity contribution in [3.05, 3.63) is 30.0 Å². The Morgan fingerprint density at radius 2 is 2.33 bits per heavy atom. The molecule has 0 spiro atoms. The molecule has 1 fully saturated rings. The van der Waals surface area contributed by atoms with Gasteiger partial charge in [-0.1, -0.05) is 6.08 Å². The van der Waals surface area contributed by atoms with Crippen molar-refractivity contribution in [1.29, 1.82) is 0 Å². The third-order valence-corrected chi connectivity index (χ3v) is 4.63. The number of H-pyrrole nitrogens is 1. The van der Waals surface area contributed by atoms with Gasteiger partial charge in [0.05, 0.1) is 5.92 Å². The van der Waals surface area contributed by atoms with Crippen LogP contribution in [0, 0.1) is 5.92 Å². The smallest absolute Gasteiger partial charge is 0.229 e. The van der Waals surface area contributed by atoms with Gasteiger partial charge in [0.15, 0.2) is 0 Å². The van der Waals surface area contributed by atoms with Crippen molar-refractivity contribution in [2.75, 3.05) is 18.4 Å². The maximum Gasteiger partial charge on any atom is 0.229 e. The molecule has 2 N–H and O–H groups in total. The number of anilines is 1. The van der Waals surface area contributed by atoms with Crippen LogP contribution < -0.4 is 5.32 Å². The van der Waals surface area contributed by atoms with Crippen molar-refractivity contribution >= 4 is 34.7 Å². The van der Waals surface area contributed by atoms with Crippen molar-refractivity contribution in [2.45, 2.75) is 19.0 Å². The van der Waals surface area contributed by atoms with Crippen LogP contribution in [0.4, 0.5) is 10.2 Å². The third-order valence-electron chi connectivity index (χ3n) is 4.63. The molecule has 2 amide bonds. The number of aromatic nitrogens is 2. The highest BCUT2D eigenvalue weighted by molar-refractivity contribution is 5.93. The van der Waals surface area contributed by atoms with Crippen LogP contribution in [0.15, 0.2) is 24.4 Å². The molecule has 7 heteroatoms. The monoisotopic (exact) mass is 328 g/mol. The van der Waals surface area contributed by atoms with Crippen molar-refractivity contribution in [1.82, 2.24) is 14.9 Å².